The van der Waals surface area contributed by atoms with Crippen LogP contribution >= 0.6 is 0 Å². The smallest absolute Gasteiger partial charge is 0.162 e. The monoisotopic (exact) mass is 296 g/mol. The first-order valence-corrected chi connectivity index (χ1v) is 7.25. The van der Waals surface area contributed by atoms with Crippen molar-refractivity contribution in [1.82, 2.24) is 9.88 Å². The summed E-state index contributed by atoms with van der Waals surface area (Å²) in [5, 5.41) is 21.3. The standard InChI is InChI=1S/C18H20N2O2/c1-11-16(12-7-4-5-9-14(12)19-11)17(20(2)3)13-8-6-10-15(21)18(13)22/h4-10,17,19,21-22H,1-3H3. The van der Waals surface area contributed by atoms with E-state index in [2.05, 4.69) is 11.1 Å². The average Bonchev–Trinajstić information content (AvgIpc) is 2.80. The lowest BCUT2D eigenvalue weighted by molar-refractivity contribution is 0.326. The molecule has 0 radical (unpaired) electrons. The van der Waals surface area contributed by atoms with Gasteiger partial charge in [0.05, 0.1) is 6.04 Å². The van der Waals surface area contributed by atoms with Crippen molar-refractivity contribution in [3.05, 3.63) is 59.3 Å². The molecule has 3 rings (SSSR count). The lowest BCUT2D eigenvalue weighted by atomic mass is 9.94. The Morgan fingerprint density at radius 3 is 2.45 bits per heavy atom. The van der Waals surface area contributed by atoms with Gasteiger partial charge in [0.15, 0.2) is 11.5 Å². The van der Waals surface area contributed by atoms with E-state index in [1.165, 1.54) is 6.07 Å². The second kappa shape index (κ2) is 5.39. The molecule has 1 unspecified atom stereocenters. The van der Waals surface area contributed by atoms with Crippen molar-refractivity contribution in [2.45, 2.75) is 13.0 Å². The second-order valence-corrected chi connectivity index (χ2v) is 5.79. The van der Waals surface area contributed by atoms with E-state index >= 15 is 0 Å². The van der Waals surface area contributed by atoms with Gasteiger partial charge in [-0.3, -0.25) is 4.90 Å². The number of phenols is 2. The molecule has 1 atom stereocenters. The van der Waals surface area contributed by atoms with Gasteiger partial charge in [0.1, 0.15) is 0 Å². The predicted molar refractivity (Wildman–Crippen MR) is 88.3 cm³/mol. The Hall–Kier alpha value is -2.46. The van der Waals surface area contributed by atoms with Gasteiger partial charge in [-0.1, -0.05) is 30.3 Å². The highest BCUT2D eigenvalue weighted by Gasteiger charge is 2.25. The molecule has 0 fully saturated rings. The number of aromatic nitrogens is 1. The van der Waals surface area contributed by atoms with E-state index in [1.807, 2.05) is 50.2 Å². The van der Waals surface area contributed by atoms with E-state index < -0.39 is 0 Å². The lowest BCUT2D eigenvalue weighted by Gasteiger charge is -2.26. The van der Waals surface area contributed by atoms with Crippen LogP contribution in [0.3, 0.4) is 0 Å². The van der Waals surface area contributed by atoms with Crippen LogP contribution in [-0.4, -0.2) is 34.2 Å². The minimum absolute atomic E-state index is 0.0640. The van der Waals surface area contributed by atoms with Crippen molar-refractivity contribution < 1.29 is 10.2 Å². The summed E-state index contributed by atoms with van der Waals surface area (Å²) in [6, 6.07) is 13.1. The summed E-state index contributed by atoms with van der Waals surface area (Å²) in [7, 11) is 3.94. The number of fused-ring (bicyclic) bond motifs is 1. The molecule has 0 saturated heterocycles. The molecule has 0 amide bonds. The summed E-state index contributed by atoms with van der Waals surface area (Å²) < 4.78 is 0. The Morgan fingerprint density at radius 2 is 1.73 bits per heavy atom. The topological polar surface area (TPSA) is 59.5 Å². The Balaban J connectivity index is 2.28. The first-order chi connectivity index (χ1) is 10.5. The fraction of sp³-hybridized carbons (Fsp3) is 0.222. The fourth-order valence-electron chi connectivity index (χ4n) is 3.11. The van der Waals surface area contributed by atoms with Crippen LogP contribution in [0.4, 0.5) is 0 Å². The first kappa shape index (κ1) is 14.5. The molecule has 4 heteroatoms. The van der Waals surface area contributed by atoms with E-state index in [1.54, 1.807) is 6.07 Å². The Kier molecular flexibility index (Phi) is 3.54. The molecular weight excluding hydrogens is 276 g/mol. The molecule has 0 aliphatic carbocycles. The van der Waals surface area contributed by atoms with Gasteiger partial charge in [-0.25, -0.2) is 0 Å². The molecule has 0 saturated carbocycles. The summed E-state index contributed by atoms with van der Waals surface area (Å²) in [5.41, 5.74) is 3.93. The number of para-hydroxylation sites is 2. The number of rotatable bonds is 3. The van der Waals surface area contributed by atoms with Gasteiger partial charge in [0.25, 0.3) is 0 Å². The van der Waals surface area contributed by atoms with Crippen LogP contribution in [0.1, 0.15) is 22.9 Å². The Morgan fingerprint density at radius 1 is 1.00 bits per heavy atom. The molecule has 3 aromatic rings. The largest absolute Gasteiger partial charge is 0.504 e. The maximum atomic E-state index is 10.3. The van der Waals surface area contributed by atoms with Gasteiger partial charge in [-0.2, -0.15) is 0 Å². The van der Waals surface area contributed by atoms with Gasteiger partial charge in [0, 0.05) is 27.7 Å². The third-order valence-corrected chi connectivity index (χ3v) is 4.07. The maximum absolute atomic E-state index is 10.3. The lowest BCUT2D eigenvalue weighted by Crippen LogP contribution is -2.21. The summed E-state index contributed by atoms with van der Waals surface area (Å²) in [6.45, 7) is 2.03. The summed E-state index contributed by atoms with van der Waals surface area (Å²) in [6.07, 6.45) is 0. The van der Waals surface area contributed by atoms with Gasteiger partial charge in [-0.05, 0) is 33.2 Å². The van der Waals surface area contributed by atoms with Crippen molar-refractivity contribution in [1.29, 1.82) is 0 Å². The number of aromatic hydroxyl groups is 2. The normalized spacial score (nSPS) is 12.9. The molecule has 22 heavy (non-hydrogen) atoms. The van der Waals surface area contributed by atoms with E-state index in [0.717, 1.165) is 22.2 Å². The Labute approximate surface area is 129 Å². The van der Waals surface area contributed by atoms with Crippen molar-refractivity contribution in [2.75, 3.05) is 14.1 Å². The molecule has 0 spiro atoms. The SMILES string of the molecule is Cc1[nH]c2ccccc2c1C(c1cccc(O)c1O)N(C)C. The van der Waals surface area contributed by atoms with Crippen molar-refractivity contribution >= 4 is 10.9 Å². The average molecular weight is 296 g/mol. The van der Waals surface area contributed by atoms with E-state index in [4.69, 9.17) is 0 Å². The van der Waals surface area contributed by atoms with Crippen LogP contribution in [-0.2, 0) is 0 Å². The second-order valence-electron chi connectivity index (χ2n) is 5.79. The summed E-state index contributed by atoms with van der Waals surface area (Å²) >= 11 is 0. The van der Waals surface area contributed by atoms with E-state index in [9.17, 15) is 10.2 Å². The van der Waals surface area contributed by atoms with Crippen molar-refractivity contribution in [2.24, 2.45) is 0 Å². The van der Waals surface area contributed by atoms with Crippen molar-refractivity contribution in [3.63, 3.8) is 0 Å². The summed E-state index contributed by atoms with van der Waals surface area (Å²) in [5.74, 6) is -0.160. The minimum Gasteiger partial charge on any atom is -0.504 e. The highest BCUT2D eigenvalue weighted by molar-refractivity contribution is 5.85. The third kappa shape index (κ3) is 2.22. The number of hydrogen-bond donors (Lipinski definition) is 3. The number of phenolic OH excluding ortho intramolecular Hbond substituents is 2. The molecule has 2 aromatic carbocycles. The van der Waals surface area contributed by atoms with Gasteiger partial charge >= 0.3 is 0 Å². The zero-order valence-electron chi connectivity index (χ0n) is 13.0. The highest BCUT2D eigenvalue weighted by Crippen LogP contribution is 2.41. The quantitative estimate of drug-likeness (QED) is 0.648. The third-order valence-electron chi connectivity index (χ3n) is 4.07. The number of aryl methyl sites for hydroxylation is 1. The molecule has 0 bridgehead atoms. The molecule has 1 heterocycles. The van der Waals surface area contributed by atoms with Gasteiger partial charge in [-0.15, -0.1) is 0 Å². The zero-order chi connectivity index (χ0) is 15.9. The molecule has 0 aliphatic rings. The van der Waals surface area contributed by atoms with Crippen molar-refractivity contribution in [3.8, 4) is 11.5 Å². The summed E-state index contributed by atoms with van der Waals surface area (Å²) in [4.78, 5) is 5.43. The van der Waals surface area contributed by atoms with Crippen LogP contribution in [0.2, 0.25) is 0 Å². The molecule has 1 aromatic heterocycles. The van der Waals surface area contributed by atoms with Crippen LogP contribution in [0.5, 0.6) is 11.5 Å². The number of benzene rings is 2. The zero-order valence-corrected chi connectivity index (χ0v) is 13.0. The molecule has 0 aliphatic heterocycles. The predicted octanol–water partition coefficient (Wildman–Crippen LogP) is 3.54. The molecule has 3 N–H and O–H groups in total. The first-order valence-electron chi connectivity index (χ1n) is 7.25. The molecule has 114 valence electrons. The van der Waals surface area contributed by atoms with Crippen LogP contribution < -0.4 is 0 Å². The Bertz CT molecular complexity index is 821. The van der Waals surface area contributed by atoms with Crippen LogP contribution in [0, 0.1) is 6.92 Å². The minimum atomic E-state index is -0.150. The van der Waals surface area contributed by atoms with Crippen LogP contribution in [0.15, 0.2) is 42.5 Å². The van der Waals surface area contributed by atoms with E-state index in [0.29, 0.717) is 5.56 Å². The highest BCUT2D eigenvalue weighted by atomic mass is 16.3. The van der Waals surface area contributed by atoms with E-state index in [-0.39, 0.29) is 17.5 Å². The maximum Gasteiger partial charge on any atom is 0.162 e. The number of nitrogens with zero attached hydrogens (tertiary/aromatic N) is 1. The van der Waals surface area contributed by atoms with Gasteiger partial charge < -0.3 is 15.2 Å². The van der Waals surface area contributed by atoms with Crippen LogP contribution in [0.25, 0.3) is 10.9 Å². The number of aromatic amines is 1. The molecular formula is C18H20N2O2. The number of H-pyrrole nitrogens is 1. The number of nitrogens with one attached hydrogen (secondary N) is 1. The van der Waals surface area contributed by atoms with Gasteiger partial charge in [0.2, 0.25) is 0 Å². The molecule has 4 nitrogen and oxygen atoms in total. The fourth-order valence-corrected chi connectivity index (χ4v) is 3.11. The number of hydrogen-bond acceptors (Lipinski definition) is 3.